The van der Waals surface area contributed by atoms with Crippen molar-refractivity contribution in [1.82, 2.24) is 9.55 Å². The quantitative estimate of drug-likeness (QED) is 0.854. The van der Waals surface area contributed by atoms with E-state index in [0.29, 0.717) is 5.69 Å². The molecule has 0 amide bonds. The number of rotatable bonds is 7. The van der Waals surface area contributed by atoms with E-state index in [2.05, 4.69) is 28.1 Å². The van der Waals surface area contributed by atoms with Crippen LogP contribution in [0.2, 0.25) is 0 Å². The summed E-state index contributed by atoms with van der Waals surface area (Å²) in [6.07, 6.45) is 5.39. The lowest BCUT2D eigenvalue weighted by Crippen LogP contribution is -2.09. The van der Waals surface area contributed by atoms with Crippen LogP contribution in [-0.4, -0.2) is 24.2 Å². The minimum absolute atomic E-state index is 0.563. The number of sulfonamides is 1. The van der Waals surface area contributed by atoms with Crippen molar-refractivity contribution in [3.63, 3.8) is 0 Å². The maximum atomic E-state index is 11.3. The summed E-state index contributed by atoms with van der Waals surface area (Å²) in [4.78, 5) is 4.67. The number of hydrogen-bond acceptors (Lipinski definition) is 3. The molecule has 0 spiro atoms. The largest absolute Gasteiger partial charge is 0.328 e. The number of aryl methyl sites for hydroxylation is 2. The standard InChI is InChI=1S/C15H23N3O2S/c1-4-6-10-18-14-9-8-12(17-21(3,19)20)11-13(14)16-15(18)7-5-2/h8-9,11,17H,4-7,10H2,1-3H3. The Morgan fingerprint density at radius 1 is 1.24 bits per heavy atom. The van der Waals surface area contributed by atoms with Crippen molar-refractivity contribution < 1.29 is 8.42 Å². The van der Waals surface area contributed by atoms with Crippen LogP contribution in [0.25, 0.3) is 11.0 Å². The highest BCUT2D eigenvalue weighted by Crippen LogP contribution is 2.22. The summed E-state index contributed by atoms with van der Waals surface area (Å²) >= 11 is 0. The van der Waals surface area contributed by atoms with Gasteiger partial charge in [0.05, 0.1) is 23.0 Å². The van der Waals surface area contributed by atoms with Gasteiger partial charge in [-0.05, 0) is 31.0 Å². The molecule has 1 N–H and O–H groups in total. The van der Waals surface area contributed by atoms with Crippen molar-refractivity contribution in [3.8, 4) is 0 Å². The molecule has 116 valence electrons. The first-order valence-electron chi connectivity index (χ1n) is 7.41. The summed E-state index contributed by atoms with van der Waals surface area (Å²) in [5, 5.41) is 0. The van der Waals surface area contributed by atoms with E-state index in [1.165, 1.54) is 0 Å². The van der Waals surface area contributed by atoms with E-state index in [0.717, 1.165) is 55.3 Å². The van der Waals surface area contributed by atoms with E-state index in [1.807, 2.05) is 6.07 Å². The zero-order valence-electron chi connectivity index (χ0n) is 12.9. The fourth-order valence-electron chi connectivity index (χ4n) is 2.44. The molecule has 5 nitrogen and oxygen atoms in total. The maximum Gasteiger partial charge on any atom is 0.229 e. The van der Waals surface area contributed by atoms with Crippen LogP contribution >= 0.6 is 0 Å². The highest BCUT2D eigenvalue weighted by Gasteiger charge is 2.11. The lowest BCUT2D eigenvalue weighted by molar-refractivity contribution is 0.607. The average molecular weight is 309 g/mol. The highest BCUT2D eigenvalue weighted by molar-refractivity contribution is 7.92. The van der Waals surface area contributed by atoms with Crippen molar-refractivity contribution in [1.29, 1.82) is 0 Å². The molecule has 2 aromatic rings. The van der Waals surface area contributed by atoms with Crippen LogP contribution in [0.15, 0.2) is 18.2 Å². The molecule has 0 unspecified atom stereocenters. The van der Waals surface area contributed by atoms with E-state index in [1.54, 1.807) is 12.1 Å². The number of benzene rings is 1. The highest BCUT2D eigenvalue weighted by atomic mass is 32.2. The summed E-state index contributed by atoms with van der Waals surface area (Å²) < 4.78 is 27.4. The summed E-state index contributed by atoms with van der Waals surface area (Å²) in [6, 6.07) is 5.55. The Balaban J connectivity index is 2.43. The van der Waals surface area contributed by atoms with E-state index in [4.69, 9.17) is 0 Å². The van der Waals surface area contributed by atoms with Crippen LogP contribution in [0.5, 0.6) is 0 Å². The zero-order valence-corrected chi connectivity index (χ0v) is 13.7. The number of anilines is 1. The number of nitrogens with zero attached hydrogens (tertiary/aromatic N) is 2. The number of aromatic nitrogens is 2. The molecule has 0 bridgehead atoms. The van der Waals surface area contributed by atoms with Gasteiger partial charge >= 0.3 is 0 Å². The average Bonchev–Trinajstić information content (AvgIpc) is 2.71. The predicted molar refractivity (Wildman–Crippen MR) is 87.1 cm³/mol. The number of imidazole rings is 1. The first-order valence-corrected chi connectivity index (χ1v) is 9.30. The third-order valence-corrected chi connectivity index (χ3v) is 3.95. The van der Waals surface area contributed by atoms with Gasteiger partial charge in [0.2, 0.25) is 10.0 Å². The summed E-state index contributed by atoms with van der Waals surface area (Å²) in [5.74, 6) is 1.08. The molecule has 0 radical (unpaired) electrons. The lowest BCUT2D eigenvalue weighted by atomic mass is 10.2. The van der Waals surface area contributed by atoms with Gasteiger partial charge in [-0.2, -0.15) is 0 Å². The van der Waals surface area contributed by atoms with Crippen molar-refractivity contribution in [3.05, 3.63) is 24.0 Å². The molecule has 0 saturated carbocycles. The molecule has 1 heterocycles. The summed E-state index contributed by atoms with van der Waals surface area (Å²) in [5.41, 5.74) is 2.49. The topological polar surface area (TPSA) is 64.0 Å². The summed E-state index contributed by atoms with van der Waals surface area (Å²) in [6.45, 7) is 5.27. The number of nitrogens with one attached hydrogen (secondary N) is 1. The molecule has 21 heavy (non-hydrogen) atoms. The minimum Gasteiger partial charge on any atom is -0.328 e. The van der Waals surface area contributed by atoms with E-state index < -0.39 is 10.0 Å². The van der Waals surface area contributed by atoms with Crippen molar-refractivity contribution in [2.45, 2.75) is 46.1 Å². The third-order valence-electron chi connectivity index (χ3n) is 3.34. The first-order chi connectivity index (χ1) is 9.94. The monoisotopic (exact) mass is 309 g/mol. The van der Waals surface area contributed by atoms with Crippen LogP contribution in [-0.2, 0) is 23.0 Å². The molecule has 6 heteroatoms. The number of hydrogen-bond donors (Lipinski definition) is 1. The Morgan fingerprint density at radius 2 is 2.00 bits per heavy atom. The first kappa shape index (κ1) is 15.8. The van der Waals surface area contributed by atoms with Gasteiger partial charge in [0, 0.05) is 13.0 Å². The molecule has 0 aliphatic heterocycles. The fraction of sp³-hybridized carbons (Fsp3) is 0.533. The Bertz CT molecular complexity index is 720. The second-order valence-corrected chi connectivity index (χ2v) is 7.11. The van der Waals surface area contributed by atoms with E-state index >= 15 is 0 Å². The fourth-order valence-corrected chi connectivity index (χ4v) is 2.99. The van der Waals surface area contributed by atoms with Crippen LogP contribution in [0.3, 0.4) is 0 Å². The van der Waals surface area contributed by atoms with Gasteiger partial charge in [0.15, 0.2) is 0 Å². The van der Waals surface area contributed by atoms with Crippen molar-refractivity contribution in [2.75, 3.05) is 11.0 Å². The Morgan fingerprint density at radius 3 is 2.62 bits per heavy atom. The predicted octanol–water partition coefficient (Wildman–Crippen LogP) is 3.16. The van der Waals surface area contributed by atoms with Crippen molar-refractivity contribution in [2.24, 2.45) is 0 Å². The zero-order chi connectivity index (χ0) is 15.5. The molecule has 0 atom stereocenters. The molecule has 0 aliphatic rings. The van der Waals surface area contributed by atoms with Gasteiger partial charge in [-0.15, -0.1) is 0 Å². The SMILES string of the molecule is CCCCn1c(CCC)nc2cc(NS(C)(=O)=O)ccc21. The van der Waals surface area contributed by atoms with Gasteiger partial charge in [0.25, 0.3) is 0 Å². The van der Waals surface area contributed by atoms with Crippen LogP contribution in [0.4, 0.5) is 5.69 Å². The molecule has 1 aromatic carbocycles. The van der Waals surface area contributed by atoms with Gasteiger partial charge in [-0.25, -0.2) is 13.4 Å². The Hall–Kier alpha value is -1.56. The van der Waals surface area contributed by atoms with Crippen molar-refractivity contribution >= 4 is 26.7 Å². The Labute approximate surface area is 126 Å². The second kappa shape index (κ2) is 6.47. The molecule has 0 saturated heterocycles. The molecule has 2 rings (SSSR count). The van der Waals surface area contributed by atoms with E-state index in [9.17, 15) is 8.42 Å². The Kier molecular flexibility index (Phi) is 4.88. The van der Waals surface area contributed by atoms with Gasteiger partial charge in [-0.1, -0.05) is 20.3 Å². The number of fused-ring (bicyclic) bond motifs is 1. The molecule has 0 fully saturated rings. The smallest absolute Gasteiger partial charge is 0.229 e. The second-order valence-electron chi connectivity index (χ2n) is 5.36. The molecule has 1 aromatic heterocycles. The number of unbranched alkanes of at least 4 members (excludes halogenated alkanes) is 1. The van der Waals surface area contributed by atoms with Crippen LogP contribution in [0, 0.1) is 0 Å². The van der Waals surface area contributed by atoms with Gasteiger partial charge in [0.1, 0.15) is 5.82 Å². The third kappa shape index (κ3) is 3.97. The van der Waals surface area contributed by atoms with E-state index in [-0.39, 0.29) is 0 Å². The van der Waals surface area contributed by atoms with Crippen LogP contribution in [0.1, 0.15) is 38.9 Å². The maximum absolute atomic E-state index is 11.3. The van der Waals surface area contributed by atoms with Crippen LogP contribution < -0.4 is 4.72 Å². The lowest BCUT2D eigenvalue weighted by Gasteiger charge is -2.08. The molecule has 0 aliphatic carbocycles. The summed E-state index contributed by atoms with van der Waals surface area (Å²) in [7, 11) is -3.26. The minimum atomic E-state index is -3.26. The van der Waals surface area contributed by atoms with Gasteiger partial charge in [-0.3, -0.25) is 4.72 Å². The normalized spacial score (nSPS) is 12.0. The molecular formula is C15H23N3O2S. The van der Waals surface area contributed by atoms with Gasteiger partial charge < -0.3 is 4.57 Å². The molecular weight excluding hydrogens is 286 g/mol.